The molecule has 0 saturated carbocycles. The Kier molecular flexibility index (Phi) is 6.83. The van der Waals surface area contributed by atoms with Crippen LogP contribution in [-0.2, 0) is 11.2 Å². The number of carbonyl (C=O) groups is 2. The molecule has 1 aliphatic heterocycles. The van der Waals surface area contributed by atoms with Crippen LogP contribution in [0.2, 0.25) is 0 Å². The van der Waals surface area contributed by atoms with E-state index in [0.717, 1.165) is 16.7 Å². The maximum atomic E-state index is 13.5. The van der Waals surface area contributed by atoms with E-state index in [1.807, 2.05) is 42.6 Å². The second-order valence-electron chi connectivity index (χ2n) is 7.93. The Balaban J connectivity index is 1.66. The molecule has 1 fully saturated rings. The number of carbonyl (C=O) groups excluding carboxylic acids is 2. The lowest BCUT2D eigenvalue weighted by Crippen LogP contribution is -2.59. The summed E-state index contributed by atoms with van der Waals surface area (Å²) in [5.74, 6) is 0.226. The smallest absolute Gasteiger partial charge is 0.258 e. The van der Waals surface area contributed by atoms with Gasteiger partial charge < -0.3 is 14.5 Å². The summed E-state index contributed by atoms with van der Waals surface area (Å²) in [7, 11) is 1.54. The van der Waals surface area contributed by atoms with Gasteiger partial charge in [0.05, 0.1) is 12.7 Å². The molecule has 0 aliphatic carbocycles. The minimum atomic E-state index is -0.611. The van der Waals surface area contributed by atoms with E-state index in [4.69, 9.17) is 4.74 Å². The summed E-state index contributed by atoms with van der Waals surface area (Å²) < 4.78 is 5.40. The number of nitrogens with zero attached hydrogens (tertiary/aromatic N) is 3. The molecule has 0 spiro atoms. The van der Waals surface area contributed by atoms with Gasteiger partial charge in [0.25, 0.3) is 5.91 Å². The summed E-state index contributed by atoms with van der Waals surface area (Å²) in [5.41, 5.74) is 3.46. The predicted molar refractivity (Wildman–Crippen MR) is 128 cm³/mol. The van der Waals surface area contributed by atoms with Crippen LogP contribution in [0.15, 0.2) is 85.7 Å². The largest absolute Gasteiger partial charge is 0.496 e. The third kappa shape index (κ3) is 4.80. The van der Waals surface area contributed by atoms with Gasteiger partial charge in [0.2, 0.25) is 5.91 Å². The average molecular weight is 442 g/mol. The van der Waals surface area contributed by atoms with Crippen molar-refractivity contribution in [2.75, 3.05) is 26.7 Å². The first kappa shape index (κ1) is 22.3. The fraction of sp³-hybridized carbons (Fsp3) is 0.222. The molecular formula is C27H27N3O3. The van der Waals surface area contributed by atoms with Crippen LogP contribution in [0.4, 0.5) is 0 Å². The first-order chi connectivity index (χ1) is 16.1. The molecule has 2 aromatic carbocycles. The molecule has 33 heavy (non-hydrogen) atoms. The molecule has 1 aliphatic rings. The lowest BCUT2D eigenvalue weighted by Gasteiger charge is -2.40. The number of benzene rings is 2. The Morgan fingerprint density at radius 1 is 1.12 bits per heavy atom. The SMILES string of the molecule is C=CCN1CCN(C(=O)c2ccccc2OC)[C@H](Cc2cccc(-c3cccnc3)c2)C1=O. The van der Waals surface area contributed by atoms with Gasteiger partial charge in [-0.25, -0.2) is 0 Å². The van der Waals surface area contributed by atoms with Crippen LogP contribution in [-0.4, -0.2) is 59.4 Å². The highest BCUT2D eigenvalue weighted by atomic mass is 16.5. The minimum Gasteiger partial charge on any atom is -0.496 e. The van der Waals surface area contributed by atoms with Gasteiger partial charge in [-0.05, 0) is 34.9 Å². The Hall–Kier alpha value is -3.93. The van der Waals surface area contributed by atoms with Crippen molar-refractivity contribution in [2.45, 2.75) is 12.5 Å². The van der Waals surface area contributed by atoms with Crippen LogP contribution in [0, 0.1) is 0 Å². The summed E-state index contributed by atoms with van der Waals surface area (Å²) >= 11 is 0. The highest BCUT2D eigenvalue weighted by Crippen LogP contribution is 2.26. The van der Waals surface area contributed by atoms with E-state index in [-0.39, 0.29) is 11.8 Å². The molecule has 4 rings (SSSR count). The maximum absolute atomic E-state index is 13.5. The van der Waals surface area contributed by atoms with E-state index in [1.54, 1.807) is 47.4 Å². The van der Waals surface area contributed by atoms with Crippen molar-refractivity contribution in [2.24, 2.45) is 0 Å². The zero-order valence-corrected chi connectivity index (χ0v) is 18.7. The van der Waals surface area contributed by atoms with Crippen molar-refractivity contribution in [3.8, 4) is 16.9 Å². The number of amides is 2. The number of ether oxygens (including phenoxy) is 1. The summed E-state index contributed by atoms with van der Waals surface area (Å²) in [6, 6.07) is 18.5. The molecule has 1 saturated heterocycles. The highest BCUT2D eigenvalue weighted by Gasteiger charge is 2.38. The molecule has 3 aromatic rings. The second-order valence-corrected chi connectivity index (χ2v) is 7.93. The molecule has 168 valence electrons. The molecule has 0 bridgehead atoms. The van der Waals surface area contributed by atoms with Crippen molar-refractivity contribution < 1.29 is 14.3 Å². The van der Waals surface area contributed by atoms with Crippen LogP contribution in [0.3, 0.4) is 0 Å². The van der Waals surface area contributed by atoms with Gasteiger partial charge >= 0.3 is 0 Å². The third-order valence-electron chi connectivity index (χ3n) is 5.88. The van der Waals surface area contributed by atoms with Gasteiger partial charge in [-0.3, -0.25) is 14.6 Å². The van der Waals surface area contributed by atoms with Crippen LogP contribution < -0.4 is 4.74 Å². The fourth-order valence-corrected chi connectivity index (χ4v) is 4.23. The maximum Gasteiger partial charge on any atom is 0.258 e. The van der Waals surface area contributed by atoms with Crippen LogP contribution in [0.5, 0.6) is 5.75 Å². The van der Waals surface area contributed by atoms with Gasteiger partial charge in [0.1, 0.15) is 11.8 Å². The number of pyridine rings is 1. The van der Waals surface area contributed by atoms with Gasteiger partial charge in [0.15, 0.2) is 0 Å². The number of methoxy groups -OCH3 is 1. The van der Waals surface area contributed by atoms with E-state index in [0.29, 0.717) is 37.4 Å². The molecule has 6 heteroatoms. The molecule has 2 amide bonds. The topological polar surface area (TPSA) is 62.7 Å². The number of aromatic nitrogens is 1. The first-order valence-electron chi connectivity index (χ1n) is 11.0. The molecule has 6 nitrogen and oxygen atoms in total. The second kappa shape index (κ2) is 10.1. The average Bonchev–Trinajstić information content (AvgIpc) is 2.87. The van der Waals surface area contributed by atoms with Gasteiger partial charge in [0, 0.05) is 38.4 Å². The molecule has 1 atom stereocenters. The lowest BCUT2D eigenvalue weighted by atomic mass is 9.97. The van der Waals surface area contributed by atoms with E-state index in [2.05, 4.69) is 17.6 Å². The Morgan fingerprint density at radius 2 is 1.94 bits per heavy atom. The van der Waals surface area contributed by atoms with Crippen molar-refractivity contribution >= 4 is 11.8 Å². The van der Waals surface area contributed by atoms with Gasteiger partial charge in [-0.15, -0.1) is 6.58 Å². The highest BCUT2D eigenvalue weighted by molar-refractivity contribution is 6.00. The number of para-hydroxylation sites is 1. The van der Waals surface area contributed by atoms with E-state index >= 15 is 0 Å². The van der Waals surface area contributed by atoms with Crippen LogP contribution in [0.25, 0.3) is 11.1 Å². The Bertz CT molecular complexity index is 1150. The van der Waals surface area contributed by atoms with E-state index in [1.165, 1.54) is 0 Å². The summed E-state index contributed by atoms with van der Waals surface area (Å²) in [6.45, 7) is 5.15. The number of hydrogen-bond acceptors (Lipinski definition) is 4. The molecule has 2 heterocycles. The monoisotopic (exact) mass is 441 g/mol. The number of rotatable bonds is 7. The molecule has 0 radical (unpaired) electrons. The summed E-state index contributed by atoms with van der Waals surface area (Å²) in [5, 5.41) is 0. The Labute approximate surface area is 194 Å². The third-order valence-corrected chi connectivity index (χ3v) is 5.88. The zero-order valence-electron chi connectivity index (χ0n) is 18.7. The normalized spacial score (nSPS) is 15.9. The van der Waals surface area contributed by atoms with Crippen molar-refractivity contribution in [1.29, 1.82) is 0 Å². The molecule has 0 unspecified atom stereocenters. The molecule has 1 aromatic heterocycles. The lowest BCUT2D eigenvalue weighted by molar-refractivity contribution is -0.139. The summed E-state index contributed by atoms with van der Waals surface area (Å²) in [4.78, 5) is 34.6. The number of hydrogen-bond donors (Lipinski definition) is 0. The fourth-order valence-electron chi connectivity index (χ4n) is 4.23. The molecular weight excluding hydrogens is 414 g/mol. The predicted octanol–water partition coefficient (Wildman–Crippen LogP) is 3.84. The number of piperazine rings is 1. The minimum absolute atomic E-state index is 0.0730. The van der Waals surface area contributed by atoms with Gasteiger partial charge in [-0.1, -0.05) is 48.5 Å². The quantitative estimate of drug-likeness (QED) is 0.523. The summed E-state index contributed by atoms with van der Waals surface area (Å²) in [6.07, 6.45) is 5.69. The zero-order chi connectivity index (χ0) is 23.2. The van der Waals surface area contributed by atoms with Gasteiger partial charge in [-0.2, -0.15) is 0 Å². The Morgan fingerprint density at radius 3 is 2.70 bits per heavy atom. The standard InChI is InChI=1S/C27H27N3O3/c1-3-14-29-15-16-30(26(31)23-11-4-5-12-25(23)33-2)24(27(29)32)18-20-8-6-9-21(17-20)22-10-7-13-28-19-22/h3-13,17,19,24H,1,14-16,18H2,2H3/t24-/m1/s1. The molecule has 0 N–H and O–H groups in total. The van der Waals surface area contributed by atoms with Crippen molar-refractivity contribution in [3.63, 3.8) is 0 Å². The first-order valence-corrected chi connectivity index (χ1v) is 11.0. The van der Waals surface area contributed by atoms with Crippen LogP contribution in [0.1, 0.15) is 15.9 Å². The van der Waals surface area contributed by atoms with Crippen molar-refractivity contribution in [3.05, 3.63) is 96.8 Å². The van der Waals surface area contributed by atoms with Crippen LogP contribution >= 0.6 is 0 Å². The van der Waals surface area contributed by atoms with Crippen molar-refractivity contribution in [1.82, 2.24) is 14.8 Å². The van der Waals surface area contributed by atoms with E-state index < -0.39 is 6.04 Å². The van der Waals surface area contributed by atoms with E-state index in [9.17, 15) is 9.59 Å².